The van der Waals surface area contributed by atoms with E-state index in [1.807, 2.05) is 42.6 Å². The van der Waals surface area contributed by atoms with Gasteiger partial charge < -0.3 is 14.3 Å². The molecular weight excluding hydrogens is 400 g/mol. The van der Waals surface area contributed by atoms with E-state index < -0.39 is 11.6 Å². The number of piperidine rings is 1. The monoisotopic (exact) mass is 437 g/mol. The zero-order valence-corrected chi connectivity index (χ0v) is 19.3. The first kappa shape index (κ1) is 22.9. The molecule has 5 heteroatoms. The van der Waals surface area contributed by atoms with Crippen LogP contribution < -0.4 is 0 Å². The van der Waals surface area contributed by atoms with Gasteiger partial charge >= 0.3 is 5.97 Å². The first-order valence-corrected chi connectivity index (χ1v) is 12.2. The Morgan fingerprint density at radius 3 is 2.59 bits per heavy atom. The molecule has 32 heavy (non-hydrogen) atoms. The number of quaternary nitrogens is 1. The molecule has 1 saturated carbocycles. The Labute approximate surface area is 192 Å². The fraction of sp³-hybridized carbons (Fsp3) is 0.556. The average Bonchev–Trinajstić information content (AvgIpc) is 2.84. The molecule has 5 nitrogen and oxygen atoms in total. The van der Waals surface area contributed by atoms with Crippen LogP contribution >= 0.6 is 0 Å². The quantitative estimate of drug-likeness (QED) is 0.520. The van der Waals surface area contributed by atoms with Crippen molar-refractivity contribution in [2.45, 2.75) is 63.1 Å². The van der Waals surface area contributed by atoms with Crippen LogP contribution in [0.5, 0.6) is 0 Å². The second-order valence-electron chi connectivity index (χ2n) is 10.00. The molecule has 2 aliphatic rings. The highest BCUT2D eigenvalue weighted by Crippen LogP contribution is 2.41. The summed E-state index contributed by atoms with van der Waals surface area (Å²) in [5.41, 5.74) is 0.348. The molecule has 4 rings (SSSR count). The number of benzene rings is 1. The molecular formula is C27H37N2O3+. The van der Waals surface area contributed by atoms with Gasteiger partial charge in [0.05, 0.1) is 20.1 Å². The highest BCUT2D eigenvalue weighted by Gasteiger charge is 2.48. The number of rotatable bonds is 7. The molecule has 1 N–H and O–H groups in total. The smallest absolute Gasteiger partial charge is 0.343 e. The van der Waals surface area contributed by atoms with E-state index >= 15 is 0 Å². The van der Waals surface area contributed by atoms with Crippen molar-refractivity contribution in [2.75, 3.05) is 26.7 Å². The van der Waals surface area contributed by atoms with Crippen LogP contribution in [0.4, 0.5) is 0 Å². The summed E-state index contributed by atoms with van der Waals surface area (Å²) in [5, 5.41) is 11.8. The number of esters is 1. The molecule has 1 aliphatic carbocycles. The molecule has 0 spiro atoms. The summed E-state index contributed by atoms with van der Waals surface area (Å²) in [7, 11) is 2.25. The van der Waals surface area contributed by atoms with Gasteiger partial charge in [0, 0.05) is 31.2 Å². The molecule has 172 valence electrons. The molecule has 3 unspecified atom stereocenters. The Balaban J connectivity index is 1.45. The number of aromatic nitrogens is 1. The third kappa shape index (κ3) is 5.21. The van der Waals surface area contributed by atoms with E-state index in [0.717, 1.165) is 69.1 Å². The second kappa shape index (κ2) is 10.1. The predicted molar refractivity (Wildman–Crippen MR) is 125 cm³/mol. The highest BCUT2D eigenvalue weighted by atomic mass is 16.6. The van der Waals surface area contributed by atoms with Crippen molar-refractivity contribution < 1.29 is 19.1 Å². The summed E-state index contributed by atoms with van der Waals surface area (Å²) in [5.74, 6) is -0.539. The van der Waals surface area contributed by atoms with Crippen LogP contribution in [-0.2, 0) is 21.6 Å². The van der Waals surface area contributed by atoms with Gasteiger partial charge in [-0.3, -0.25) is 4.98 Å². The summed E-state index contributed by atoms with van der Waals surface area (Å²) in [6, 6.07) is 13.5. The summed E-state index contributed by atoms with van der Waals surface area (Å²) in [6.07, 6.45) is 11.4. The zero-order valence-electron chi connectivity index (χ0n) is 19.3. The third-order valence-corrected chi connectivity index (χ3v) is 7.53. The van der Waals surface area contributed by atoms with Gasteiger partial charge in [0.1, 0.15) is 6.54 Å². The van der Waals surface area contributed by atoms with Crippen molar-refractivity contribution >= 4 is 5.97 Å². The molecule has 1 aliphatic heterocycles. The van der Waals surface area contributed by atoms with Gasteiger partial charge in [0.25, 0.3) is 0 Å². The van der Waals surface area contributed by atoms with E-state index in [1.54, 1.807) is 6.20 Å². The van der Waals surface area contributed by atoms with Gasteiger partial charge in [0.15, 0.2) is 11.7 Å². The number of carbonyl (C=O) groups is 1. The zero-order chi connectivity index (χ0) is 22.4. The number of pyridine rings is 1. The van der Waals surface area contributed by atoms with Gasteiger partial charge in [-0.1, -0.05) is 55.7 Å². The van der Waals surface area contributed by atoms with Gasteiger partial charge in [-0.05, 0) is 36.5 Å². The Morgan fingerprint density at radius 1 is 1.09 bits per heavy atom. The molecule has 1 aromatic carbocycles. The van der Waals surface area contributed by atoms with Crippen LogP contribution in [0.25, 0.3) is 0 Å². The maximum atomic E-state index is 13.5. The number of aliphatic hydroxyl groups is 1. The molecule has 0 amide bonds. The Bertz CT molecular complexity index is 869. The largest absolute Gasteiger partial charge is 0.454 e. The fourth-order valence-electron chi connectivity index (χ4n) is 5.59. The Hall–Kier alpha value is -2.24. The molecule has 0 bridgehead atoms. The molecule has 3 atom stereocenters. The van der Waals surface area contributed by atoms with Crippen molar-refractivity contribution in [3.63, 3.8) is 0 Å². The predicted octanol–water partition coefficient (Wildman–Crippen LogP) is 4.24. The maximum Gasteiger partial charge on any atom is 0.343 e. The van der Waals surface area contributed by atoms with Crippen molar-refractivity contribution in [3.05, 3.63) is 66.0 Å². The first-order valence-electron chi connectivity index (χ1n) is 12.2. The summed E-state index contributed by atoms with van der Waals surface area (Å²) >= 11 is 0. The number of likely N-dealkylation sites (tertiary alicyclic amines) is 1. The lowest BCUT2D eigenvalue weighted by Crippen LogP contribution is -2.56. The van der Waals surface area contributed by atoms with E-state index in [0.29, 0.717) is 5.56 Å². The Morgan fingerprint density at radius 2 is 1.88 bits per heavy atom. The third-order valence-electron chi connectivity index (χ3n) is 7.53. The standard InChI is InChI=1S/C27H37N2O3/c1-29(19-16-22-10-8-17-28-20-22)18-9-15-25(21-29)32-26(30)27(31,23-11-4-2-5-12-23)24-13-6-3-7-14-24/h2,4-5,8,10-12,17,20,24-25,31H,3,6-7,9,13-16,18-19,21H2,1H3/q+1. The molecule has 1 aromatic heterocycles. The number of likely N-dealkylation sites (N-methyl/N-ethyl adjacent to an activating group) is 1. The van der Waals surface area contributed by atoms with Crippen LogP contribution in [0.2, 0.25) is 0 Å². The van der Waals surface area contributed by atoms with E-state index in [4.69, 9.17) is 4.74 Å². The first-order chi connectivity index (χ1) is 15.5. The van der Waals surface area contributed by atoms with Crippen LogP contribution in [0.1, 0.15) is 56.1 Å². The fourth-order valence-corrected chi connectivity index (χ4v) is 5.59. The van der Waals surface area contributed by atoms with Gasteiger partial charge in [-0.25, -0.2) is 4.79 Å². The minimum atomic E-state index is -1.56. The van der Waals surface area contributed by atoms with E-state index in [9.17, 15) is 9.90 Å². The number of carbonyl (C=O) groups excluding carboxylic acids is 1. The van der Waals surface area contributed by atoms with Gasteiger partial charge in [0.2, 0.25) is 0 Å². The minimum absolute atomic E-state index is 0.0822. The van der Waals surface area contributed by atoms with E-state index in [-0.39, 0.29) is 12.0 Å². The van der Waals surface area contributed by atoms with Crippen molar-refractivity contribution in [1.82, 2.24) is 4.98 Å². The van der Waals surface area contributed by atoms with Crippen molar-refractivity contribution in [3.8, 4) is 0 Å². The minimum Gasteiger partial charge on any atom is -0.454 e. The average molecular weight is 438 g/mol. The maximum absolute atomic E-state index is 13.5. The molecule has 0 radical (unpaired) electrons. The van der Waals surface area contributed by atoms with E-state index in [2.05, 4.69) is 18.1 Å². The number of ether oxygens (including phenoxy) is 1. The second-order valence-corrected chi connectivity index (χ2v) is 10.00. The lowest BCUT2D eigenvalue weighted by atomic mass is 9.73. The lowest BCUT2D eigenvalue weighted by molar-refractivity contribution is -0.916. The summed E-state index contributed by atoms with van der Waals surface area (Å²) in [4.78, 5) is 17.8. The SMILES string of the molecule is C[N+]1(CCc2cccnc2)CCCC(OC(=O)C(O)(c2ccccc2)C2CCCCC2)C1. The molecule has 1 saturated heterocycles. The van der Waals surface area contributed by atoms with E-state index in [1.165, 1.54) is 12.0 Å². The molecule has 2 heterocycles. The van der Waals surface area contributed by atoms with Crippen molar-refractivity contribution in [2.24, 2.45) is 5.92 Å². The van der Waals surface area contributed by atoms with Gasteiger partial charge in [-0.2, -0.15) is 0 Å². The number of hydrogen-bond acceptors (Lipinski definition) is 4. The van der Waals surface area contributed by atoms with Crippen LogP contribution in [-0.4, -0.2) is 53.3 Å². The van der Waals surface area contributed by atoms with Crippen LogP contribution in [0, 0.1) is 5.92 Å². The number of hydrogen-bond donors (Lipinski definition) is 1. The van der Waals surface area contributed by atoms with Crippen molar-refractivity contribution in [1.29, 1.82) is 0 Å². The summed E-state index contributed by atoms with van der Waals surface area (Å²) in [6.45, 7) is 2.87. The number of nitrogens with zero attached hydrogens (tertiary/aromatic N) is 2. The molecule has 2 aromatic rings. The normalized spacial score (nSPS) is 26.2. The Kier molecular flexibility index (Phi) is 7.27. The molecule has 2 fully saturated rings. The lowest BCUT2D eigenvalue weighted by Gasteiger charge is -2.42. The van der Waals surface area contributed by atoms with Gasteiger partial charge in [-0.15, -0.1) is 0 Å². The highest BCUT2D eigenvalue weighted by molar-refractivity contribution is 5.81. The van der Waals surface area contributed by atoms with Crippen LogP contribution in [0.15, 0.2) is 54.9 Å². The summed E-state index contributed by atoms with van der Waals surface area (Å²) < 4.78 is 6.97. The topological polar surface area (TPSA) is 59.4 Å². The van der Waals surface area contributed by atoms with Crippen LogP contribution in [0.3, 0.4) is 0 Å².